The van der Waals surface area contributed by atoms with Crippen LogP contribution in [-0.4, -0.2) is 27.9 Å². The van der Waals surface area contributed by atoms with Crippen LogP contribution in [0.25, 0.3) is 0 Å². The molecule has 26 heavy (non-hydrogen) atoms. The van der Waals surface area contributed by atoms with Gasteiger partial charge in [-0.1, -0.05) is 37.6 Å². The number of aryl methyl sites for hydroxylation is 2. The van der Waals surface area contributed by atoms with E-state index in [1.165, 1.54) is 11.4 Å². The number of benzene rings is 2. The highest BCUT2D eigenvalue weighted by Crippen LogP contribution is 2.26. The van der Waals surface area contributed by atoms with Crippen LogP contribution in [-0.2, 0) is 10.0 Å². The molecule has 2 aromatic carbocycles. The van der Waals surface area contributed by atoms with Gasteiger partial charge in [-0.25, -0.2) is 8.42 Å². The van der Waals surface area contributed by atoms with E-state index in [1.807, 2.05) is 27.7 Å². The van der Waals surface area contributed by atoms with Gasteiger partial charge in [-0.3, -0.25) is 9.10 Å². The number of hydrogen-bond acceptors (Lipinski definition) is 3. The average Bonchev–Trinajstić information content (AvgIpc) is 2.59. The Kier molecular flexibility index (Phi) is 6.08. The van der Waals surface area contributed by atoms with Gasteiger partial charge < -0.3 is 5.32 Å². The van der Waals surface area contributed by atoms with Gasteiger partial charge in [0.2, 0.25) is 0 Å². The molecule has 0 aromatic heterocycles. The van der Waals surface area contributed by atoms with Gasteiger partial charge in [-0.05, 0) is 49.6 Å². The van der Waals surface area contributed by atoms with Crippen LogP contribution >= 0.6 is 0 Å². The molecule has 0 spiro atoms. The van der Waals surface area contributed by atoms with Crippen LogP contribution < -0.4 is 9.62 Å². The molecule has 0 atom stereocenters. The van der Waals surface area contributed by atoms with Crippen LogP contribution in [0.1, 0.15) is 35.3 Å². The Labute approximate surface area is 156 Å². The molecule has 1 amide bonds. The molecule has 140 valence electrons. The van der Waals surface area contributed by atoms with Crippen molar-refractivity contribution in [2.45, 2.75) is 32.6 Å². The van der Waals surface area contributed by atoms with Crippen molar-refractivity contribution in [1.29, 1.82) is 0 Å². The SMILES string of the molecule is Cc1ccc(S(=O)(=O)N(C)c2cc(C(=O)NCC(C)C)ccc2C)cc1. The van der Waals surface area contributed by atoms with E-state index in [9.17, 15) is 13.2 Å². The second kappa shape index (κ2) is 7.91. The van der Waals surface area contributed by atoms with Crippen LogP contribution in [0.2, 0.25) is 0 Å². The first-order valence-electron chi connectivity index (χ1n) is 8.57. The van der Waals surface area contributed by atoms with Crippen molar-refractivity contribution >= 4 is 21.6 Å². The van der Waals surface area contributed by atoms with Crippen LogP contribution in [0.4, 0.5) is 5.69 Å². The number of sulfonamides is 1. The summed E-state index contributed by atoms with van der Waals surface area (Å²) in [6, 6.07) is 11.8. The molecular formula is C20H26N2O3S. The molecule has 0 saturated heterocycles. The van der Waals surface area contributed by atoms with Crippen molar-refractivity contribution in [2.75, 3.05) is 17.9 Å². The predicted molar refractivity (Wildman–Crippen MR) is 105 cm³/mol. The van der Waals surface area contributed by atoms with Crippen molar-refractivity contribution in [3.63, 3.8) is 0 Å². The number of anilines is 1. The summed E-state index contributed by atoms with van der Waals surface area (Å²) in [4.78, 5) is 12.5. The molecule has 0 aliphatic heterocycles. The van der Waals surface area contributed by atoms with Crippen LogP contribution in [0.5, 0.6) is 0 Å². The Bertz CT molecular complexity index is 888. The lowest BCUT2D eigenvalue weighted by Gasteiger charge is -2.22. The smallest absolute Gasteiger partial charge is 0.264 e. The minimum atomic E-state index is -3.70. The monoisotopic (exact) mass is 374 g/mol. The maximum atomic E-state index is 12.9. The van der Waals surface area contributed by atoms with E-state index in [1.54, 1.807) is 42.5 Å². The number of carbonyl (C=O) groups excluding carboxylic acids is 1. The van der Waals surface area contributed by atoms with E-state index in [0.717, 1.165) is 11.1 Å². The summed E-state index contributed by atoms with van der Waals surface area (Å²) >= 11 is 0. The minimum absolute atomic E-state index is 0.207. The molecule has 2 aromatic rings. The molecule has 0 bridgehead atoms. The van der Waals surface area contributed by atoms with Gasteiger partial charge in [-0.15, -0.1) is 0 Å². The number of amides is 1. The van der Waals surface area contributed by atoms with E-state index < -0.39 is 10.0 Å². The summed E-state index contributed by atoms with van der Waals surface area (Å²) in [7, 11) is -2.19. The van der Waals surface area contributed by atoms with Crippen molar-refractivity contribution < 1.29 is 13.2 Å². The number of carbonyl (C=O) groups is 1. The predicted octanol–water partition coefficient (Wildman–Crippen LogP) is 3.51. The topological polar surface area (TPSA) is 66.5 Å². The summed E-state index contributed by atoms with van der Waals surface area (Å²) in [5.74, 6) is 0.134. The molecule has 6 heteroatoms. The van der Waals surface area contributed by atoms with E-state index in [2.05, 4.69) is 5.32 Å². The van der Waals surface area contributed by atoms with Crippen molar-refractivity contribution in [2.24, 2.45) is 5.92 Å². The summed E-state index contributed by atoms with van der Waals surface area (Å²) < 4.78 is 27.1. The molecule has 0 radical (unpaired) electrons. The summed E-state index contributed by atoms with van der Waals surface area (Å²) in [6.07, 6.45) is 0. The fourth-order valence-corrected chi connectivity index (χ4v) is 3.74. The largest absolute Gasteiger partial charge is 0.352 e. The Hall–Kier alpha value is -2.34. The van der Waals surface area contributed by atoms with Crippen molar-refractivity contribution in [1.82, 2.24) is 5.32 Å². The molecule has 0 heterocycles. The quantitative estimate of drug-likeness (QED) is 0.841. The number of rotatable bonds is 6. The van der Waals surface area contributed by atoms with Crippen LogP contribution in [0.3, 0.4) is 0 Å². The Morgan fingerprint density at radius 2 is 1.69 bits per heavy atom. The molecule has 0 saturated carbocycles. The summed E-state index contributed by atoms with van der Waals surface area (Å²) in [6.45, 7) is 8.33. The van der Waals surface area contributed by atoms with Gasteiger partial charge in [-0.2, -0.15) is 0 Å². The summed E-state index contributed by atoms with van der Waals surface area (Å²) in [5, 5.41) is 2.85. The third-order valence-corrected chi connectivity index (χ3v) is 5.95. The fraction of sp³-hybridized carbons (Fsp3) is 0.350. The third kappa shape index (κ3) is 4.43. The second-order valence-corrected chi connectivity index (χ2v) is 8.86. The number of nitrogens with zero attached hydrogens (tertiary/aromatic N) is 1. The zero-order valence-corrected chi connectivity index (χ0v) is 16.7. The Balaban J connectivity index is 2.36. The molecule has 0 aliphatic carbocycles. The highest BCUT2D eigenvalue weighted by molar-refractivity contribution is 7.92. The van der Waals surface area contributed by atoms with E-state index >= 15 is 0 Å². The molecular weight excluding hydrogens is 348 g/mol. The van der Waals surface area contributed by atoms with Gasteiger partial charge in [0.15, 0.2) is 0 Å². The first-order valence-corrected chi connectivity index (χ1v) is 10.0. The maximum Gasteiger partial charge on any atom is 0.264 e. The maximum absolute atomic E-state index is 12.9. The van der Waals surface area contributed by atoms with Gasteiger partial charge in [0.05, 0.1) is 10.6 Å². The molecule has 5 nitrogen and oxygen atoms in total. The van der Waals surface area contributed by atoms with Crippen molar-refractivity contribution in [3.8, 4) is 0 Å². The van der Waals surface area contributed by atoms with Crippen LogP contribution in [0.15, 0.2) is 47.4 Å². The Morgan fingerprint density at radius 3 is 2.27 bits per heavy atom. The Morgan fingerprint density at radius 1 is 1.08 bits per heavy atom. The number of nitrogens with one attached hydrogen (secondary N) is 1. The van der Waals surface area contributed by atoms with Gasteiger partial charge in [0.1, 0.15) is 0 Å². The fourth-order valence-electron chi connectivity index (χ4n) is 2.49. The van der Waals surface area contributed by atoms with E-state index in [4.69, 9.17) is 0 Å². The van der Waals surface area contributed by atoms with Crippen LogP contribution in [0, 0.1) is 19.8 Å². The van der Waals surface area contributed by atoms with E-state index in [-0.39, 0.29) is 10.8 Å². The average molecular weight is 375 g/mol. The molecule has 0 unspecified atom stereocenters. The lowest BCUT2D eigenvalue weighted by molar-refractivity contribution is 0.0949. The highest BCUT2D eigenvalue weighted by atomic mass is 32.2. The molecule has 2 rings (SSSR count). The minimum Gasteiger partial charge on any atom is -0.352 e. The van der Waals surface area contributed by atoms with Gasteiger partial charge >= 0.3 is 0 Å². The first-order chi connectivity index (χ1) is 12.1. The zero-order valence-electron chi connectivity index (χ0n) is 15.9. The van der Waals surface area contributed by atoms with E-state index in [0.29, 0.717) is 23.7 Å². The standard InChI is InChI=1S/C20H26N2O3S/c1-14(2)13-21-20(23)17-9-8-16(4)19(12-17)22(5)26(24,25)18-10-6-15(3)7-11-18/h6-12,14H,13H2,1-5H3,(H,21,23). The lowest BCUT2D eigenvalue weighted by Crippen LogP contribution is -2.29. The first kappa shape index (κ1) is 20.0. The normalized spacial score (nSPS) is 11.5. The third-order valence-electron chi connectivity index (χ3n) is 4.16. The summed E-state index contributed by atoms with van der Waals surface area (Å²) in [5.41, 5.74) is 2.70. The molecule has 0 fully saturated rings. The molecule has 0 aliphatic rings. The number of hydrogen-bond donors (Lipinski definition) is 1. The highest BCUT2D eigenvalue weighted by Gasteiger charge is 2.23. The van der Waals surface area contributed by atoms with Crippen molar-refractivity contribution in [3.05, 3.63) is 59.2 Å². The molecule has 1 N–H and O–H groups in total. The second-order valence-electron chi connectivity index (χ2n) is 6.89. The van der Waals surface area contributed by atoms with Gasteiger partial charge in [0, 0.05) is 19.2 Å². The lowest BCUT2D eigenvalue weighted by atomic mass is 10.1. The van der Waals surface area contributed by atoms with Gasteiger partial charge in [0.25, 0.3) is 15.9 Å². The zero-order chi connectivity index (χ0) is 19.5.